The molecule has 0 N–H and O–H groups in total. The topological polar surface area (TPSA) is 53.6 Å². The van der Waals surface area contributed by atoms with Crippen LogP contribution in [0.2, 0.25) is 0 Å². The Labute approximate surface area is 149 Å². The summed E-state index contributed by atoms with van der Waals surface area (Å²) in [4.78, 5) is 13.0. The van der Waals surface area contributed by atoms with E-state index < -0.39 is 0 Å². The standard InChI is InChI=1S/C21H17NO4/c1-24-18-9-12-7-8-22-16(14(12)11-19(18)25-2)10-15-13-5-3-4-6-17(13)26-20(15)21(22)23/h3-6,9-11H,7-8H2,1-2H3. The van der Waals surface area contributed by atoms with Crippen molar-refractivity contribution < 1.29 is 13.9 Å². The summed E-state index contributed by atoms with van der Waals surface area (Å²) in [5, 5.41) is 1.80. The van der Waals surface area contributed by atoms with Crippen LogP contribution in [0.1, 0.15) is 5.56 Å². The zero-order chi connectivity index (χ0) is 17.8. The lowest BCUT2D eigenvalue weighted by atomic mass is 9.95. The number of ether oxygens (including phenoxy) is 2. The fourth-order valence-corrected chi connectivity index (χ4v) is 3.86. The molecule has 2 aromatic heterocycles. The van der Waals surface area contributed by atoms with Crippen molar-refractivity contribution in [1.82, 2.24) is 4.57 Å². The van der Waals surface area contributed by atoms with E-state index in [1.165, 1.54) is 0 Å². The van der Waals surface area contributed by atoms with Crippen LogP contribution in [0.25, 0.3) is 33.2 Å². The average Bonchev–Trinajstić information content (AvgIpc) is 3.06. The lowest BCUT2D eigenvalue weighted by molar-refractivity contribution is 0.354. The summed E-state index contributed by atoms with van der Waals surface area (Å²) in [6.45, 7) is 0.615. The van der Waals surface area contributed by atoms with Gasteiger partial charge in [0.25, 0.3) is 5.56 Å². The lowest BCUT2D eigenvalue weighted by Crippen LogP contribution is -2.25. The molecular formula is C21H17NO4. The van der Waals surface area contributed by atoms with Crippen molar-refractivity contribution in [3.63, 3.8) is 0 Å². The average molecular weight is 347 g/mol. The number of para-hydroxylation sites is 1. The second-order valence-electron chi connectivity index (χ2n) is 6.44. The highest BCUT2D eigenvalue weighted by Gasteiger charge is 2.23. The molecule has 0 aliphatic carbocycles. The van der Waals surface area contributed by atoms with E-state index in [0.717, 1.165) is 39.6 Å². The number of aryl methyl sites for hydroxylation is 1. The van der Waals surface area contributed by atoms with Gasteiger partial charge < -0.3 is 18.5 Å². The van der Waals surface area contributed by atoms with Gasteiger partial charge in [0.05, 0.1) is 19.9 Å². The molecule has 130 valence electrons. The smallest absolute Gasteiger partial charge is 0.294 e. The number of benzene rings is 2. The number of furan rings is 1. The molecular weight excluding hydrogens is 330 g/mol. The van der Waals surface area contributed by atoms with Crippen LogP contribution >= 0.6 is 0 Å². The molecule has 1 aliphatic heterocycles. The van der Waals surface area contributed by atoms with Crippen molar-refractivity contribution in [3.8, 4) is 22.8 Å². The van der Waals surface area contributed by atoms with Gasteiger partial charge in [0, 0.05) is 22.9 Å². The Morgan fingerprint density at radius 1 is 1.00 bits per heavy atom. The molecule has 0 spiro atoms. The number of methoxy groups -OCH3 is 2. The van der Waals surface area contributed by atoms with Gasteiger partial charge in [0.2, 0.25) is 5.58 Å². The number of rotatable bonds is 2. The molecule has 5 rings (SSSR count). The predicted molar refractivity (Wildman–Crippen MR) is 100 cm³/mol. The number of fused-ring (bicyclic) bond motifs is 6. The molecule has 0 amide bonds. The molecule has 3 heterocycles. The van der Waals surface area contributed by atoms with Gasteiger partial charge in [-0.15, -0.1) is 0 Å². The van der Waals surface area contributed by atoms with Crippen LogP contribution in [0.5, 0.6) is 11.5 Å². The number of hydrogen-bond donors (Lipinski definition) is 0. The number of aromatic nitrogens is 1. The zero-order valence-electron chi connectivity index (χ0n) is 14.5. The zero-order valence-corrected chi connectivity index (χ0v) is 14.5. The van der Waals surface area contributed by atoms with E-state index in [-0.39, 0.29) is 5.56 Å². The summed E-state index contributed by atoms with van der Waals surface area (Å²) < 4.78 is 18.5. The Balaban J connectivity index is 1.87. The molecule has 5 heteroatoms. The third kappa shape index (κ3) is 1.94. The van der Waals surface area contributed by atoms with Crippen LogP contribution in [0, 0.1) is 0 Å². The summed E-state index contributed by atoms with van der Waals surface area (Å²) in [6.07, 6.45) is 0.758. The maximum atomic E-state index is 13.0. The SMILES string of the molecule is COc1cc2c(cc1OC)-c1cc3c(oc4ccccc43)c(=O)n1CC2. The summed E-state index contributed by atoms with van der Waals surface area (Å²) in [6, 6.07) is 13.7. The largest absolute Gasteiger partial charge is 0.493 e. The van der Waals surface area contributed by atoms with E-state index in [2.05, 4.69) is 0 Å². The van der Waals surface area contributed by atoms with Gasteiger partial charge >= 0.3 is 0 Å². The highest BCUT2D eigenvalue weighted by Crippen LogP contribution is 2.39. The molecule has 2 aromatic carbocycles. The Kier molecular flexibility index (Phi) is 3.13. The minimum Gasteiger partial charge on any atom is -0.493 e. The molecule has 0 bridgehead atoms. The Hall–Kier alpha value is -3.21. The quantitative estimate of drug-likeness (QED) is 0.550. The van der Waals surface area contributed by atoms with Gasteiger partial charge in [-0.05, 0) is 36.2 Å². The van der Waals surface area contributed by atoms with E-state index in [4.69, 9.17) is 13.9 Å². The number of nitrogens with zero attached hydrogens (tertiary/aromatic N) is 1. The molecule has 26 heavy (non-hydrogen) atoms. The van der Waals surface area contributed by atoms with E-state index in [1.54, 1.807) is 18.8 Å². The summed E-state index contributed by atoms with van der Waals surface area (Å²) >= 11 is 0. The lowest BCUT2D eigenvalue weighted by Gasteiger charge is -2.23. The van der Waals surface area contributed by atoms with Crippen molar-refractivity contribution >= 4 is 21.9 Å². The first-order valence-electron chi connectivity index (χ1n) is 8.51. The van der Waals surface area contributed by atoms with Crippen LogP contribution in [0.15, 0.2) is 51.7 Å². The van der Waals surface area contributed by atoms with Gasteiger partial charge in [-0.1, -0.05) is 18.2 Å². The monoisotopic (exact) mass is 347 g/mol. The van der Waals surface area contributed by atoms with E-state index in [0.29, 0.717) is 23.6 Å². The Morgan fingerprint density at radius 3 is 2.58 bits per heavy atom. The molecule has 0 saturated carbocycles. The van der Waals surface area contributed by atoms with Gasteiger partial charge in [0.1, 0.15) is 5.58 Å². The van der Waals surface area contributed by atoms with Gasteiger partial charge in [-0.2, -0.15) is 0 Å². The molecule has 5 nitrogen and oxygen atoms in total. The molecule has 0 atom stereocenters. The van der Waals surface area contributed by atoms with Crippen LogP contribution in [0.3, 0.4) is 0 Å². The molecule has 0 unspecified atom stereocenters. The highest BCUT2D eigenvalue weighted by molar-refractivity contribution is 6.05. The van der Waals surface area contributed by atoms with E-state index >= 15 is 0 Å². The van der Waals surface area contributed by atoms with Crippen LogP contribution in [0.4, 0.5) is 0 Å². The Morgan fingerprint density at radius 2 is 1.77 bits per heavy atom. The number of hydrogen-bond acceptors (Lipinski definition) is 4. The molecule has 1 aliphatic rings. The molecule has 0 saturated heterocycles. The normalized spacial score (nSPS) is 12.8. The van der Waals surface area contributed by atoms with Crippen LogP contribution in [-0.4, -0.2) is 18.8 Å². The summed E-state index contributed by atoms with van der Waals surface area (Å²) in [5.41, 5.74) is 4.09. The van der Waals surface area contributed by atoms with Crippen molar-refractivity contribution in [2.75, 3.05) is 14.2 Å². The third-order valence-electron chi connectivity index (χ3n) is 5.14. The predicted octanol–water partition coefficient (Wildman–Crippen LogP) is 3.99. The van der Waals surface area contributed by atoms with Crippen molar-refractivity contribution in [1.29, 1.82) is 0 Å². The maximum Gasteiger partial charge on any atom is 0.294 e. The van der Waals surface area contributed by atoms with Crippen molar-refractivity contribution in [2.45, 2.75) is 13.0 Å². The fraction of sp³-hybridized carbons (Fsp3) is 0.190. The van der Waals surface area contributed by atoms with Crippen molar-refractivity contribution in [3.05, 3.63) is 58.4 Å². The minimum atomic E-state index is -0.0888. The highest BCUT2D eigenvalue weighted by atomic mass is 16.5. The fourth-order valence-electron chi connectivity index (χ4n) is 3.86. The summed E-state index contributed by atoms with van der Waals surface area (Å²) in [7, 11) is 3.25. The first-order chi connectivity index (χ1) is 12.7. The molecule has 0 fully saturated rings. The molecule has 0 radical (unpaired) electrons. The first-order valence-corrected chi connectivity index (χ1v) is 8.51. The van der Waals surface area contributed by atoms with Crippen molar-refractivity contribution in [2.24, 2.45) is 0 Å². The second kappa shape index (κ2) is 5.39. The second-order valence-corrected chi connectivity index (χ2v) is 6.44. The van der Waals surface area contributed by atoms with E-state index in [9.17, 15) is 4.79 Å². The first kappa shape index (κ1) is 15.1. The van der Waals surface area contributed by atoms with Gasteiger partial charge in [0.15, 0.2) is 11.5 Å². The van der Waals surface area contributed by atoms with Gasteiger partial charge in [-0.25, -0.2) is 0 Å². The maximum absolute atomic E-state index is 13.0. The van der Waals surface area contributed by atoms with E-state index in [1.807, 2.05) is 42.5 Å². The Bertz CT molecular complexity index is 1230. The summed E-state index contributed by atoms with van der Waals surface area (Å²) in [5.74, 6) is 1.36. The molecule has 4 aromatic rings. The minimum absolute atomic E-state index is 0.0888. The number of pyridine rings is 1. The third-order valence-corrected chi connectivity index (χ3v) is 5.14. The van der Waals surface area contributed by atoms with Crippen LogP contribution in [-0.2, 0) is 13.0 Å². The van der Waals surface area contributed by atoms with Crippen LogP contribution < -0.4 is 15.0 Å². The van der Waals surface area contributed by atoms with Gasteiger partial charge in [-0.3, -0.25) is 4.79 Å².